The summed E-state index contributed by atoms with van der Waals surface area (Å²) in [7, 11) is 2.58. The summed E-state index contributed by atoms with van der Waals surface area (Å²) >= 11 is 1.67. The van der Waals surface area contributed by atoms with Crippen molar-refractivity contribution >= 4 is 35.8 Å². The Morgan fingerprint density at radius 3 is 1.66 bits per heavy atom. The van der Waals surface area contributed by atoms with E-state index in [0.29, 0.717) is 18.2 Å². The number of nitrogens with one attached hydrogen (secondary N) is 4. The number of carbonyl (C=O) groups excluding carboxylic acids is 4. The number of hydrogen-bond acceptors (Lipinski definition) is 9. The Hall–Kier alpha value is -5.31. The van der Waals surface area contributed by atoms with Gasteiger partial charge in [0.25, 0.3) is 0 Å². The number of carbonyl (C=O) groups is 4. The zero-order valence-electron chi connectivity index (χ0n) is 33.2. The van der Waals surface area contributed by atoms with Gasteiger partial charge >= 0.3 is 12.2 Å². The Labute approximate surface area is 331 Å². The van der Waals surface area contributed by atoms with Gasteiger partial charge in [0, 0.05) is 11.3 Å². The molecule has 4 amide bonds. The number of methoxy groups -OCH3 is 2. The van der Waals surface area contributed by atoms with E-state index < -0.39 is 24.3 Å². The van der Waals surface area contributed by atoms with E-state index in [9.17, 15) is 19.2 Å². The molecule has 0 unspecified atom stereocenters. The van der Waals surface area contributed by atoms with Crippen LogP contribution in [0, 0.1) is 11.8 Å². The minimum atomic E-state index is -0.727. The van der Waals surface area contributed by atoms with Crippen LogP contribution in [-0.4, -0.2) is 97.2 Å². The number of ether oxygens (including phenoxy) is 2. The number of rotatable bonds is 11. The average molecular weight is 785 g/mol. The largest absolute Gasteiger partial charge is 0.453 e. The highest BCUT2D eigenvalue weighted by atomic mass is 32.2. The molecule has 298 valence electrons. The molecule has 15 heteroatoms. The normalized spacial score (nSPS) is 18.9. The van der Waals surface area contributed by atoms with Crippen LogP contribution in [0.25, 0.3) is 33.6 Å². The fraction of sp³-hybridized carbons (Fsp3) is 0.463. The first-order chi connectivity index (χ1) is 26.7. The molecule has 2 aromatic carbocycles. The van der Waals surface area contributed by atoms with Crippen LogP contribution in [-0.2, 0) is 19.1 Å². The Morgan fingerprint density at radius 2 is 1.18 bits per heavy atom. The smallest absolute Gasteiger partial charge is 0.407 e. The lowest BCUT2D eigenvalue weighted by atomic mass is 9.97. The summed E-state index contributed by atoms with van der Waals surface area (Å²) in [5.41, 5.74) is 5.73. The second kappa shape index (κ2) is 16.8. The summed E-state index contributed by atoms with van der Waals surface area (Å²) in [6, 6.07) is 14.5. The van der Waals surface area contributed by atoms with E-state index in [-0.39, 0.29) is 40.5 Å². The molecule has 56 heavy (non-hydrogen) atoms. The summed E-state index contributed by atoms with van der Waals surface area (Å²) < 4.78 is 9.22. The van der Waals surface area contributed by atoms with Gasteiger partial charge < -0.3 is 39.9 Å². The standard InChI is InChI=1S/C41H52N8O6S/c1-23(2)32(46-39(52)54-7)37(50)48-19-9-10-31(48)35-42-20-29(44-35)27-15-11-25(12-16-27)26-13-17-28(18-14-26)30-21-43-36(45-30)34-41(5,6)56-22-49(34)38(51)33(24(3)4)47-40(53)55-8/h11-18,20-21,23-24,31-34H,9-10,19,22H2,1-8H3,(H,42,44)(H,43,45)(H,46,52)(H,47,53)/t31-,32-,33-,34+/m0/s1. The lowest BCUT2D eigenvalue weighted by Gasteiger charge is -2.33. The number of benzene rings is 2. The number of amides is 4. The molecule has 4 N–H and O–H groups in total. The summed E-state index contributed by atoms with van der Waals surface area (Å²) in [5.74, 6) is 1.33. The number of H-pyrrole nitrogens is 2. The number of aromatic amines is 2. The molecular weight excluding hydrogens is 733 g/mol. The predicted octanol–water partition coefficient (Wildman–Crippen LogP) is 6.91. The molecule has 2 fully saturated rings. The molecular formula is C41H52N8O6S. The maximum Gasteiger partial charge on any atom is 0.407 e. The number of hydrogen-bond donors (Lipinski definition) is 4. The molecule has 0 aliphatic carbocycles. The Morgan fingerprint density at radius 1 is 0.732 bits per heavy atom. The second-order valence-electron chi connectivity index (χ2n) is 15.5. The highest BCUT2D eigenvalue weighted by Crippen LogP contribution is 2.48. The van der Waals surface area contributed by atoms with E-state index in [1.165, 1.54) is 14.2 Å². The van der Waals surface area contributed by atoms with Crippen molar-refractivity contribution in [3.63, 3.8) is 0 Å². The molecule has 14 nitrogen and oxygen atoms in total. The molecule has 2 aromatic heterocycles. The maximum atomic E-state index is 13.8. The number of likely N-dealkylation sites (tertiary alicyclic amines) is 1. The Balaban J connectivity index is 1.13. The molecule has 4 aromatic rings. The van der Waals surface area contributed by atoms with E-state index in [1.54, 1.807) is 34.0 Å². The number of alkyl carbamates (subject to hydrolysis) is 2. The van der Waals surface area contributed by atoms with Gasteiger partial charge in [0.2, 0.25) is 11.8 Å². The van der Waals surface area contributed by atoms with E-state index in [0.717, 1.165) is 52.3 Å². The minimum absolute atomic E-state index is 0.107. The fourth-order valence-electron chi connectivity index (χ4n) is 7.46. The van der Waals surface area contributed by atoms with Crippen LogP contribution in [0.1, 0.15) is 78.1 Å². The van der Waals surface area contributed by atoms with Crippen molar-refractivity contribution in [1.82, 2.24) is 40.4 Å². The van der Waals surface area contributed by atoms with Crippen molar-refractivity contribution in [2.75, 3.05) is 26.6 Å². The van der Waals surface area contributed by atoms with Gasteiger partial charge in [-0.2, -0.15) is 0 Å². The third-order valence-electron chi connectivity index (χ3n) is 10.6. The van der Waals surface area contributed by atoms with Crippen LogP contribution < -0.4 is 10.6 Å². The van der Waals surface area contributed by atoms with Crippen LogP contribution in [0.4, 0.5) is 9.59 Å². The molecule has 4 atom stereocenters. The maximum absolute atomic E-state index is 13.8. The molecule has 2 aliphatic rings. The zero-order chi connectivity index (χ0) is 40.3. The first-order valence-corrected chi connectivity index (χ1v) is 20.0. The first-order valence-electron chi connectivity index (χ1n) is 19.0. The summed E-state index contributed by atoms with van der Waals surface area (Å²) in [4.78, 5) is 71.3. The molecule has 0 saturated carbocycles. The number of aromatic nitrogens is 4. The Bertz CT molecular complexity index is 2030. The van der Waals surface area contributed by atoms with E-state index >= 15 is 0 Å². The SMILES string of the molecule is COC(=O)N[C@H](C(=O)N1CCC[C@H]1c1ncc(-c2ccc(-c3ccc(-c4cnc([C@H]5N(C(=O)[C@@H](NC(=O)OC)C(C)C)CSC5(C)C)[nH]4)cc3)cc2)[nH]1)C(C)C. The van der Waals surface area contributed by atoms with Crippen molar-refractivity contribution < 1.29 is 28.7 Å². The summed E-state index contributed by atoms with van der Waals surface area (Å²) in [6.45, 7) is 12.4. The fourth-order valence-corrected chi connectivity index (χ4v) is 8.61. The molecule has 4 heterocycles. The van der Waals surface area contributed by atoms with Crippen molar-refractivity contribution in [2.45, 2.75) is 83.3 Å². The van der Waals surface area contributed by atoms with Crippen LogP contribution in [0.2, 0.25) is 0 Å². The third-order valence-corrected chi connectivity index (χ3v) is 12.0. The molecule has 0 bridgehead atoms. The first kappa shape index (κ1) is 40.4. The number of thioether (sulfide) groups is 1. The summed E-state index contributed by atoms with van der Waals surface area (Å²) in [6.07, 6.45) is 3.96. The van der Waals surface area contributed by atoms with Crippen molar-refractivity contribution in [3.05, 3.63) is 72.6 Å². The Kier molecular flexibility index (Phi) is 12.1. The molecule has 0 radical (unpaired) electrons. The van der Waals surface area contributed by atoms with Crippen LogP contribution in [0.5, 0.6) is 0 Å². The summed E-state index contributed by atoms with van der Waals surface area (Å²) in [5, 5.41) is 5.40. The predicted molar refractivity (Wildman–Crippen MR) is 215 cm³/mol. The van der Waals surface area contributed by atoms with Crippen molar-refractivity contribution in [1.29, 1.82) is 0 Å². The topological polar surface area (TPSA) is 175 Å². The second-order valence-corrected chi connectivity index (χ2v) is 17.1. The molecule has 2 aliphatic heterocycles. The molecule has 2 saturated heterocycles. The number of nitrogens with zero attached hydrogens (tertiary/aromatic N) is 4. The van der Waals surface area contributed by atoms with Gasteiger partial charge in [-0.1, -0.05) is 76.2 Å². The van der Waals surface area contributed by atoms with Gasteiger partial charge in [-0.15, -0.1) is 11.8 Å². The quantitative estimate of drug-likeness (QED) is 0.126. The van der Waals surface area contributed by atoms with Crippen molar-refractivity contribution in [3.8, 4) is 33.6 Å². The lowest BCUT2D eigenvalue weighted by Crippen LogP contribution is -2.52. The van der Waals surface area contributed by atoms with Crippen LogP contribution in [0.3, 0.4) is 0 Å². The minimum Gasteiger partial charge on any atom is -0.453 e. The van der Waals surface area contributed by atoms with E-state index in [1.807, 2.05) is 52.0 Å². The van der Waals surface area contributed by atoms with Crippen LogP contribution >= 0.6 is 11.8 Å². The number of imidazole rings is 2. The molecule has 6 rings (SSSR count). The van der Waals surface area contributed by atoms with Gasteiger partial charge in [-0.05, 0) is 60.8 Å². The van der Waals surface area contributed by atoms with Gasteiger partial charge in [-0.25, -0.2) is 19.6 Å². The zero-order valence-corrected chi connectivity index (χ0v) is 34.0. The van der Waals surface area contributed by atoms with Gasteiger partial charge in [-0.3, -0.25) is 9.59 Å². The lowest BCUT2D eigenvalue weighted by molar-refractivity contribution is -0.136. The highest BCUT2D eigenvalue weighted by Gasteiger charge is 2.48. The van der Waals surface area contributed by atoms with E-state index in [4.69, 9.17) is 14.5 Å². The van der Waals surface area contributed by atoms with Gasteiger partial charge in [0.1, 0.15) is 29.8 Å². The van der Waals surface area contributed by atoms with Crippen LogP contribution in [0.15, 0.2) is 60.9 Å². The van der Waals surface area contributed by atoms with Gasteiger partial charge in [0.05, 0.1) is 49.9 Å². The van der Waals surface area contributed by atoms with Crippen molar-refractivity contribution in [2.24, 2.45) is 11.8 Å². The third kappa shape index (κ3) is 8.42. The highest BCUT2D eigenvalue weighted by molar-refractivity contribution is 8.00. The van der Waals surface area contributed by atoms with Gasteiger partial charge in [0.15, 0.2) is 0 Å². The average Bonchev–Trinajstić information content (AvgIpc) is 4.01. The monoisotopic (exact) mass is 784 g/mol. The van der Waals surface area contributed by atoms with E-state index in [2.05, 4.69) is 63.7 Å². The molecule has 0 spiro atoms.